The highest BCUT2D eigenvalue weighted by molar-refractivity contribution is 7.92. The summed E-state index contributed by atoms with van der Waals surface area (Å²) in [6.45, 7) is 5.64. The molecule has 0 N–H and O–H groups in total. The van der Waals surface area contributed by atoms with E-state index in [-0.39, 0.29) is 17.9 Å². The van der Waals surface area contributed by atoms with E-state index in [0.717, 1.165) is 18.5 Å². The van der Waals surface area contributed by atoms with Crippen LogP contribution in [0.4, 0.5) is 3.89 Å². The lowest BCUT2D eigenvalue weighted by Gasteiger charge is -2.36. The maximum absolute atomic E-state index is 13.1. The van der Waals surface area contributed by atoms with E-state index in [1.165, 1.54) is 3.97 Å². The average molecular weight is 386 g/mol. The van der Waals surface area contributed by atoms with Crippen LogP contribution in [0.1, 0.15) is 19.4 Å². The Hall–Kier alpha value is -1.07. The fourth-order valence-corrected chi connectivity index (χ4v) is 4.24. The number of fused-ring (bicyclic) bond motifs is 1. The number of nitrogens with zero attached hydrogens (tertiary/aromatic N) is 3. The van der Waals surface area contributed by atoms with Crippen LogP contribution in [0.15, 0.2) is 18.3 Å². The minimum absolute atomic E-state index is 0.0730. The zero-order chi connectivity index (χ0) is 17.3. The Labute approximate surface area is 152 Å². The largest absolute Gasteiger partial charge is 0.286 e. The van der Waals surface area contributed by atoms with Crippen molar-refractivity contribution in [2.24, 2.45) is 0 Å². The number of rotatable bonds is 2. The smallest absolute Gasteiger partial charge is 0.171 e. The molecule has 0 aliphatic carbocycles. The van der Waals surface area contributed by atoms with Gasteiger partial charge in [0.15, 0.2) is 18.0 Å². The van der Waals surface area contributed by atoms with E-state index in [2.05, 4.69) is 21.7 Å². The van der Waals surface area contributed by atoms with Crippen molar-refractivity contribution in [3.63, 3.8) is 0 Å². The standard InChI is InChI=1S/C16H17ClFN3OS2/c1-16(2,20-7-9-24(22)10-8-20)6-5-12-11-21(23-18)15-13(12)3-4-14(17)19-15/h3-4,11H,7-10H2,1-2H3. The molecule has 1 aliphatic heterocycles. The molecule has 2 aromatic heterocycles. The average Bonchev–Trinajstić information content (AvgIpc) is 2.90. The van der Waals surface area contributed by atoms with Gasteiger partial charge in [-0.3, -0.25) is 9.11 Å². The molecule has 0 amide bonds. The number of halogens is 2. The lowest BCUT2D eigenvalue weighted by Crippen LogP contribution is -2.49. The van der Waals surface area contributed by atoms with E-state index in [9.17, 15) is 8.09 Å². The fourth-order valence-electron chi connectivity index (χ4n) is 2.70. The molecular formula is C16H17ClFN3OS2. The first-order valence-corrected chi connectivity index (χ1v) is 10.0. The van der Waals surface area contributed by atoms with Crippen LogP contribution in [0.3, 0.4) is 0 Å². The first-order chi connectivity index (χ1) is 11.4. The fraction of sp³-hybridized carbons (Fsp3) is 0.438. The van der Waals surface area contributed by atoms with Gasteiger partial charge < -0.3 is 0 Å². The van der Waals surface area contributed by atoms with Crippen LogP contribution >= 0.6 is 23.9 Å². The van der Waals surface area contributed by atoms with Crippen molar-refractivity contribution < 1.29 is 8.09 Å². The third kappa shape index (κ3) is 3.62. The highest BCUT2D eigenvalue weighted by Gasteiger charge is 2.28. The molecular weight excluding hydrogens is 369 g/mol. The third-order valence-corrected chi connectivity index (χ3v) is 6.05. The van der Waals surface area contributed by atoms with Crippen molar-refractivity contribution in [2.75, 3.05) is 24.6 Å². The quantitative estimate of drug-likeness (QED) is 0.587. The maximum Gasteiger partial charge on any atom is 0.171 e. The summed E-state index contributed by atoms with van der Waals surface area (Å²) < 4.78 is 25.9. The van der Waals surface area contributed by atoms with Crippen molar-refractivity contribution >= 4 is 45.8 Å². The Morgan fingerprint density at radius 1 is 1.38 bits per heavy atom. The molecule has 2 aromatic rings. The molecule has 8 heteroatoms. The molecule has 0 unspecified atom stereocenters. The van der Waals surface area contributed by atoms with Gasteiger partial charge in [0.25, 0.3) is 0 Å². The number of pyridine rings is 1. The molecule has 0 radical (unpaired) electrons. The highest BCUT2D eigenvalue weighted by Crippen LogP contribution is 2.26. The molecule has 1 saturated heterocycles. The Morgan fingerprint density at radius 3 is 2.75 bits per heavy atom. The van der Waals surface area contributed by atoms with E-state index in [0.29, 0.717) is 27.9 Å². The number of aromatic nitrogens is 2. The van der Waals surface area contributed by atoms with Crippen LogP contribution in [0, 0.1) is 11.8 Å². The molecule has 0 aromatic carbocycles. The van der Waals surface area contributed by atoms with Gasteiger partial charge in [0.1, 0.15) is 5.15 Å². The van der Waals surface area contributed by atoms with Gasteiger partial charge in [0, 0.05) is 47.0 Å². The molecule has 128 valence electrons. The van der Waals surface area contributed by atoms with E-state index in [4.69, 9.17) is 11.6 Å². The Morgan fingerprint density at radius 2 is 2.08 bits per heavy atom. The van der Waals surface area contributed by atoms with Gasteiger partial charge in [-0.05, 0) is 26.0 Å². The van der Waals surface area contributed by atoms with Crippen molar-refractivity contribution in [3.8, 4) is 11.8 Å². The molecule has 0 saturated carbocycles. The molecule has 0 atom stereocenters. The van der Waals surface area contributed by atoms with E-state index in [1.54, 1.807) is 18.3 Å². The summed E-state index contributed by atoms with van der Waals surface area (Å²) in [6.07, 6.45) is 1.63. The highest BCUT2D eigenvalue weighted by atomic mass is 35.5. The van der Waals surface area contributed by atoms with E-state index >= 15 is 0 Å². The van der Waals surface area contributed by atoms with Crippen LogP contribution in [0.2, 0.25) is 5.15 Å². The summed E-state index contributed by atoms with van der Waals surface area (Å²) in [7, 11) is -0.713. The number of hydrogen-bond acceptors (Lipinski definition) is 4. The van der Waals surface area contributed by atoms with Crippen LogP contribution in [-0.4, -0.2) is 48.2 Å². The summed E-state index contributed by atoms with van der Waals surface area (Å²) in [4.78, 5) is 6.40. The SMILES string of the molecule is CC(C)(C#Cc1cn(SF)c2nc(Cl)ccc12)N1CCS(=O)CC1. The molecule has 0 spiro atoms. The Balaban J connectivity index is 1.93. The summed E-state index contributed by atoms with van der Waals surface area (Å²) >= 11 is 5.97. The Bertz CT molecular complexity index is 846. The minimum atomic E-state index is -0.713. The molecule has 0 bridgehead atoms. The first kappa shape index (κ1) is 17.7. The second-order valence-corrected chi connectivity index (χ2v) is 8.70. The van der Waals surface area contributed by atoms with Crippen LogP contribution in [0.5, 0.6) is 0 Å². The second kappa shape index (κ2) is 7.04. The van der Waals surface area contributed by atoms with Gasteiger partial charge in [0.05, 0.1) is 11.1 Å². The Kier molecular flexibility index (Phi) is 5.21. The molecule has 3 heterocycles. The molecule has 4 nitrogen and oxygen atoms in total. The third-order valence-electron chi connectivity index (χ3n) is 4.13. The van der Waals surface area contributed by atoms with Crippen molar-refractivity contribution in [3.05, 3.63) is 29.0 Å². The zero-order valence-corrected chi connectivity index (χ0v) is 15.8. The summed E-state index contributed by atoms with van der Waals surface area (Å²) in [5.41, 5.74) is 0.834. The number of hydrogen-bond donors (Lipinski definition) is 0. The lowest BCUT2D eigenvalue weighted by molar-refractivity contribution is 0.187. The van der Waals surface area contributed by atoms with E-state index < -0.39 is 10.8 Å². The van der Waals surface area contributed by atoms with E-state index in [1.807, 2.05) is 13.8 Å². The lowest BCUT2D eigenvalue weighted by atomic mass is 10.0. The minimum Gasteiger partial charge on any atom is -0.286 e. The van der Waals surface area contributed by atoms with Gasteiger partial charge in [-0.15, -0.1) is 3.89 Å². The van der Waals surface area contributed by atoms with Crippen molar-refractivity contribution in [1.82, 2.24) is 13.9 Å². The van der Waals surface area contributed by atoms with Crippen LogP contribution < -0.4 is 0 Å². The predicted octanol–water partition coefficient (Wildman–Crippen LogP) is 3.26. The van der Waals surface area contributed by atoms with Gasteiger partial charge >= 0.3 is 0 Å². The monoisotopic (exact) mass is 385 g/mol. The van der Waals surface area contributed by atoms with Crippen molar-refractivity contribution in [1.29, 1.82) is 0 Å². The van der Waals surface area contributed by atoms with Gasteiger partial charge in [-0.1, -0.05) is 23.4 Å². The van der Waals surface area contributed by atoms with Crippen LogP contribution in [0.25, 0.3) is 11.0 Å². The predicted molar refractivity (Wildman–Crippen MR) is 99.2 cm³/mol. The summed E-state index contributed by atoms with van der Waals surface area (Å²) in [5.74, 6) is 7.81. The molecule has 3 rings (SSSR count). The second-order valence-electron chi connectivity index (χ2n) is 6.09. The van der Waals surface area contributed by atoms with Crippen molar-refractivity contribution in [2.45, 2.75) is 19.4 Å². The molecule has 1 aliphatic rings. The topological polar surface area (TPSA) is 38.1 Å². The van der Waals surface area contributed by atoms with Gasteiger partial charge in [-0.2, -0.15) is 0 Å². The maximum atomic E-state index is 13.1. The van der Waals surface area contributed by atoms with Gasteiger partial charge in [0.2, 0.25) is 0 Å². The van der Waals surface area contributed by atoms with Gasteiger partial charge in [-0.25, -0.2) is 8.96 Å². The molecule has 1 fully saturated rings. The zero-order valence-electron chi connectivity index (χ0n) is 13.4. The summed E-state index contributed by atoms with van der Waals surface area (Å²) in [5, 5.41) is 1.09. The summed E-state index contributed by atoms with van der Waals surface area (Å²) in [6, 6.07) is 3.48. The molecule has 24 heavy (non-hydrogen) atoms. The normalized spacial score (nSPS) is 17.0. The first-order valence-electron chi connectivity index (χ1n) is 7.50. The van der Waals surface area contributed by atoms with Crippen LogP contribution in [-0.2, 0) is 10.8 Å².